The molecule has 0 unspecified atom stereocenters. The van der Waals surface area contributed by atoms with Crippen LogP contribution in [0.25, 0.3) is 0 Å². The molecule has 21 heavy (non-hydrogen) atoms. The van der Waals surface area contributed by atoms with E-state index in [1.807, 2.05) is 0 Å². The smallest absolute Gasteiger partial charge is 0.187 e. The molecule has 9 heteroatoms. The molecule has 0 aromatic rings. The summed E-state index contributed by atoms with van der Waals surface area (Å²) >= 11 is 0. The first-order valence-corrected chi connectivity index (χ1v) is 7.06. The van der Waals surface area contributed by atoms with Crippen LogP contribution in [0.4, 0.5) is 0 Å². The lowest BCUT2D eigenvalue weighted by Crippen LogP contribution is -2.61. The zero-order valence-electron chi connectivity index (χ0n) is 11.6. The van der Waals surface area contributed by atoms with Crippen molar-refractivity contribution in [3.05, 3.63) is 0 Å². The molecule has 2 rings (SSSR count). The number of hydrogen-bond acceptors (Lipinski definition) is 9. The largest absolute Gasteiger partial charge is 0.388 e. The van der Waals surface area contributed by atoms with Crippen molar-refractivity contribution in [3.63, 3.8) is 0 Å². The van der Waals surface area contributed by atoms with E-state index in [9.17, 15) is 20.4 Å². The number of ether oxygens (including phenoxy) is 3. The van der Waals surface area contributed by atoms with Gasteiger partial charge in [0.15, 0.2) is 12.6 Å². The van der Waals surface area contributed by atoms with E-state index in [1.165, 1.54) is 0 Å². The number of aliphatic hydroxyl groups is 4. The lowest BCUT2D eigenvalue weighted by atomic mass is 9.98. The minimum atomic E-state index is -1.41. The highest BCUT2D eigenvalue weighted by Gasteiger charge is 2.45. The lowest BCUT2D eigenvalue weighted by molar-refractivity contribution is -0.323. The molecule has 2 fully saturated rings. The fourth-order valence-electron chi connectivity index (χ4n) is 2.61. The Morgan fingerprint density at radius 3 is 2.14 bits per heavy atom. The molecule has 0 aromatic carbocycles. The molecule has 2 saturated heterocycles. The van der Waals surface area contributed by atoms with Crippen molar-refractivity contribution in [1.82, 2.24) is 0 Å². The zero-order valence-corrected chi connectivity index (χ0v) is 11.6. The maximum Gasteiger partial charge on any atom is 0.187 e. The van der Waals surface area contributed by atoms with Gasteiger partial charge in [-0.25, -0.2) is 0 Å². The van der Waals surface area contributed by atoms with E-state index in [0.717, 1.165) is 0 Å². The Bertz CT molecular complexity index is 333. The second kappa shape index (κ2) is 7.27. The minimum Gasteiger partial charge on any atom is -0.388 e. The summed E-state index contributed by atoms with van der Waals surface area (Å²) in [6.45, 7) is 0.112. The number of nitrogens with two attached hydrogens (primary N) is 2. The van der Waals surface area contributed by atoms with E-state index in [4.69, 9.17) is 25.7 Å². The molecular weight excluding hydrogens is 284 g/mol. The maximum absolute atomic E-state index is 9.94. The van der Waals surface area contributed by atoms with Crippen LogP contribution >= 0.6 is 0 Å². The van der Waals surface area contributed by atoms with Crippen LogP contribution in [-0.4, -0.2) is 82.7 Å². The summed E-state index contributed by atoms with van der Waals surface area (Å²) in [5, 5.41) is 38.9. The standard InChI is InChI=1S/C12H24N2O7/c13-3-6-5(1-2-8(15)19-6)20-12-11(18)10(17)9(16)7(4-14)21-12/h5-12,15-18H,1-4,13-14H2/t5-,6+,7+,8-,9+,10-,11+,12+/m0/s1. The van der Waals surface area contributed by atoms with Gasteiger partial charge in [0.25, 0.3) is 0 Å². The predicted octanol–water partition coefficient (Wildman–Crippen LogP) is -3.41. The van der Waals surface area contributed by atoms with Crippen molar-refractivity contribution in [3.8, 4) is 0 Å². The summed E-state index contributed by atoms with van der Waals surface area (Å²) in [7, 11) is 0. The third-order valence-electron chi connectivity index (χ3n) is 3.89. The van der Waals surface area contributed by atoms with Crippen molar-refractivity contribution in [1.29, 1.82) is 0 Å². The van der Waals surface area contributed by atoms with Gasteiger partial charge in [-0.05, 0) is 6.42 Å². The van der Waals surface area contributed by atoms with Crippen molar-refractivity contribution in [2.45, 2.75) is 62.0 Å². The fraction of sp³-hybridized carbons (Fsp3) is 1.00. The molecule has 0 spiro atoms. The third-order valence-corrected chi connectivity index (χ3v) is 3.89. The van der Waals surface area contributed by atoms with E-state index >= 15 is 0 Å². The highest BCUT2D eigenvalue weighted by molar-refractivity contribution is 4.90. The van der Waals surface area contributed by atoms with E-state index < -0.39 is 49.2 Å². The second-order valence-corrected chi connectivity index (χ2v) is 5.37. The zero-order chi connectivity index (χ0) is 15.6. The summed E-state index contributed by atoms with van der Waals surface area (Å²) < 4.78 is 16.3. The Kier molecular flexibility index (Phi) is 5.88. The average molecular weight is 308 g/mol. The van der Waals surface area contributed by atoms with Crippen LogP contribution in [0.1, 0.15) is 12.8 Å². The molecule has 124 valence electrons. The first-order valence-electron chi connectivity index (χ1n) is 7.06. The van der Waals surface area contributed by atoms with Gasteiger partial charge in [-0.1, -0.05) is 0 Å². The molecule has 8 N–H and O–H groups in total. The number of aliphatic hydroxyl groups excluding tert-OH is 4. The molecule has 0 saturated carbocycles. The van der Waals surface area contributed by atoms with Crippen LogP contribution in [-0.2, 0) is 14.2 Å². The highest BCUT2D eigenvalue weighted by atomic mass is 16.7. The predicted molar refractivity (Wildman–Crippen MR) is 69.8 cm³/mol. The highest BCUT2D eigenvalue weighted by Crippen LogP contribution is 2.27. The molecular formula is C12H24N2O7. The molecule has 0 radical (unpaired) electrons. The first kappa shape index (κ1) is 17.0. The van der Waals surface area contributed by atoms with Crippen molar-refractivity contribution in [2.24, 2.45) is 11.5 Å². The Balaban J connectivity index is 2.00. The molecule has 2 heterocycles. The lowest BCUT2D eigenvalue weighted by Gasteiger charge is -2.43. The van der Waals surface area contributed by atoms with Crippen molar-refractivity contribution >= 4 is 0 Å². The van der Waals surface area contributed by atoms with Gasteiger partial charge in [0.05, 0.1) is 12.2 Å². The summed E-state index contributed by atoms with van der Waals surface area (Å²) in [6, 6.07) is 0. The molecule has 0 bridgehead atoms. The van der Waals surface area contributed by atoms with E-state index in [-0.39, 0.29) is 13.1 Å². The number of rotatable bonds is 4. The molecule has 0 aliphatic carbocycles. The topological polar surface area (TPSA) is 161 Å². The average Bonchev–Trinajstić information content (AvgIpc) is 2.49. The second-order valence-electron chi connectivity index (χ2n) is 5.37. The summed E-state index contributed by atoms with van der Waals surface area (Å²) in [6.07, 6.45) is -7.15. The monoisotopic (exact) mass is 308 g/mol. The Labute approximate surface area is 122 Å². The van der Waals surface area contributed by atoms with E-state index in [1.54, 1.807) is 0 Å². The molecule has 0 amide bonds. The van der Waals surface area contributed by atoms with Gasteiger partial charge in [-0.2, -0.15) is 0 Å². The van der Waals surface area contributed by atoms with Gasteiger partial charge in [-0.3, -0.25) is 0 Å². The van der Waals surface area contributed by atoms with Crippen LogP contribution in [0, 0.1) is 0 Å². The fourth-order valence-corrected chi connectivity index (χ4v) is 2.61. The Hall–Kier alpha value is -0.360. The molecule has 0 aromatic heterocycles. The number of hydrogen-bond donors (Lipinski definition) is 6. The molecule has 2 aliphatic rings. The van der Waals surface area contributed by atoms with Crippen LogP contribution < -0.4 is 11.5 Å². The van der Waals surface area contributed by atoms with Gasteiger partial charge in [0.2, 0.25) is 0 Å². The summed E-state index contributed by atoms with van der Waals surface area (Å²) in [5.41, 5.74) is 11.0. The van der Waals surface area contributed by atoms with Gasteiger partial charge in [0, 0.05) is 19.5 Å². The van der Waals surface area contributed by atoms with Gasteiger partial charge in [-0.15, -0.1) is 0 Å². The quantitative estimate of drug-likeness (QED) is 0.311. The summed E-state index contributed by atoms with van der Waals surface area (Å²) in [5.74, 6) is 0. The third kappa shape index (κ3) is 3.70. The van der Waals surface area contributed by atoms with Crippen molar-refractivity contribution < 1.29 is 34.6 Å². The first-order chi connectivity index (χ1) is 9.97. The van der Waals surface area contributed by atoms with Gasteiger partial charge >= 0.3 is 0 Å². The van der Waals surface area contributed by atoms with Crippen LogP contribution in [0.3, 0.4) is 0 Å². The van der Waals surface area contributed by atoms with Gasteiger partial charge < -0.3 is 46.1 Å². The Morgan fingerprint density at radius 2 is 1.52 bits per heavy atom. The summed E-state index contributed by atoms with van der Waals surface area (Å²) in [4.78, 5) is 0. The minimum absolute atomic E-state index is 0.0228. The van der Waals surface area contributed by atoms with Gasteiger partial charge in [0.1, 0.15) is 24.4 Å². The van der Waals surface area contributed by atoms with Crippen molar-refractivity contribution in [2.75, 3.05) is 13.1 Å². The Morgan fingerprint density at radius 1 is 0.857 bits per heavy atom. The van der Waals surface area contributed by atoms with Crippen LogP contribution in [0.5, 0.6) is 0 Å². The molecule has 2 aliphatic heterocycles. The van der Waals surface area contributed by atoms with E-state index in [2.05, 4.69) is 0 Å². The molecule has 8 atom stereocenters. The normalized spacial score (nSPS) is 48.3. The molecule has 9 nitrogen and oxygen atoms in total. The maximum atomic E-state index is 9.94. The van der Waals surface area contributed by atoms with E-state index in [0.29, 0.717) is 12.8 Å². The SMILES string of the molecule is NC[C@H]1O[C@@H](O[C@H]2CC[C@@H](O)O[C@@H]2CN)[C@H](O)[C@@H](O)[C@@H]1O. The van der Waals surface area contributed by atoms with Crippen LogP contribution in [0.15, 0.2) is 0 Å². The van der Waals surface area contributed by atoms with Crippen LogP contribution in [0.2, 0.25) is 0 Å².